The monoisotopic (exact) mass is 367 g/mol. The van der Waals surface area contributed by atoms with E-state index in [2.05, 4.69) is 36.4 Å². The van der Waals surface area contributed by atoms with Gasteiger partial charge < -0.3 is 9.94 Å². The van der Waals surface area contributed by atoms with Crippen molar-refractivity contribution in [2.24, 2.45) is 0 Å². The quantitative estimate of drug-likeness (QED) is 0.278. The van der Waals surface area contributed by atoms with Crippen molar-refractivity contribution in [2.45, 2.75) is 12.2 Å². The van der Waals surface area contributed by atoms with E-state index < -0.39 is 5.60 Å². The molecule has 0 atom stereocenters. The van der Waals surface area contributed by atoms with Crippen molar-refractivity contribution >= 4 is 0 Å². The Balaban J connectivity index is 1.88. The van der Waals surface area contributed by atoms with E-state index in [9.17, 15) is 5.21 Å². The van der Waals surface area contributed by atoms with Gasteiger partial charge in [-0.3, -0.25) is 0 Å². The Kier molecular flexibility index (Phi) is 5.18. The molecule has 4 rings (SSSR count). The van der Waals surface area contributed by atoms with Crippen molar-refractivity contribution in [1.82, 2.24) is 0 Å². The average Bonchev–Trinajstić information content (AvgIpc) is 2.77. The number of hydrogen-bond acceptors (Lipinski definition) is 2. The Morgan fingerprint density at radius 3 is 1.54 bits per heavy atom. The number of nitrogens with zero attached hydrogens (tertiary/aromatic N) is 1. The molecule has 0 saturated carbocycles. The summed E-state index contributed by atoms with van der Waals surface area (Å²) in [5, 5.41) is 11.7. The molecule has 0 fully saturated rings. The average molecular weight is 367 g/mol. The van der Waals surface area contributed by atoms with E-state index in [-0.39, 0.29) is 0 Å². The summed E-state index contributed by atoms with van der Waals surface area (Å²) in [6.07, 6.45) is 3.02. The molecule has 0 amide bonds. The van der Waals surface area contributed by atoms with Gasteiger partial charge in [0.15, 0.2) is 12.4 Å². The first kappa shape index (κ1) is 18.0. The maximum absolute atomic E-state index is 11.7. The van der Waals surface area contributed by atoms with E-state index >= 15 is 0 Å². The van der Waals surface area contributed by atoms with Crippen LogP contribution in [0.25, 0.3) is 0 Å². The van der Waals surface area contributed by atoms with E-state index in [0.29, 0.717) is 6.61 Å². The van der Waals surface area contributed by atoms with Gasteiger partial charge in [-0.05, 0) is 22.8 Å². The molecule has 0 bridgehead atoms. The molecular weight excluding hydrogens is 346 g/mol. The molecule has 0 aliphatic carbocycles. The SMILES string of the molecule is [O-][n+]1cccc(COC(c2ccccc2)(c2ccccc2)c2ccccc2)c1. The molecule has 0 aliphatic heterocycles. The fraction of sp³-hybridized carbons (Fsp3) is 0.0800. The van der Waals surface area contributed by atoms with Crippen LogP contribution in [0.15, 0.2) is 116 Å². The minimum absolute atomic E-state index is 0.307. The molecule has 3 nitrogen and oxygen atoms in total. The molecule has 3 aromatic carbocycles. The lowest BCUT2D eigenvalue weighted by Gasteiger charge is -2.36. The zero-order valence-corrected chi connectivity index (χ0v) is 15.4. The Labute approximate surface area is 165 Å². The molecule has 0 saturated heterocycles. The zero-order chi connectivity index (χ0) is 19.2. The number of hydrogen-bond donors (Lipinski definition) is 0. The van der Waals surface area contributed by atoms with Crippen molar-refractivity contribution < 1.29 is 9.47 Å². The van der Waals surface area contributed by atoms with Crippen LogP contribution in [0.4, 0.5) is 0 Å². The first-order valence-corrected chi connectivity index (χ1v) is 9.27. The number of pyridine rings is 1. The lowest BCUT2D eigenvalue weighted by atomic mass is 9.80. The predicted octanol–water partition coefficient (Wildman–Crippen LogP) is 4.83. The molecule has 0 N–H and O–H groups in total. The lowest BCUT2D eigenvalue weighted by molar-refractivity contribution is -0.606. The summed E-state index contributed by atoms with van der Waals surface area (Å²) in [6, 6.07) is 34.3. The second kappa shape index (κ2) is 8.07. The fourth-order valence-corrected chi connectivity index (χ4v) is 3.55. The van der Waals surface area contributed by atoms with Crippen molar-refractivity contribution in [3.63, 3.8) is 0 Å². The van der Waals surface area contributed by atoms with Crippen LogP contribution >= 0.6 is 0 Å². The molecule has 1 aromatic heterocycles. The third-order valence-electron chi connectivity index (χ3n) is 4.83. The molecule has 0 unspecified atom stereocenters. The standard InChI is InChI=1S/C25H21NO2/c27-26-18-10-11-21(19-26)20-28-25(22-12-4-1-5-13-22,23-14-6-2-7-15-23)24-16-8-3-9-17-24/h1-19H,20H2. The van der Waals surface area contributed by atoms with Crippen molar-refractivity contribution in [3.05, 3.63) is 143 Å². The lowest BCUT2D eigenvalue weighted by Crippen LogP contribution is -2.33. The summed E-state index contributed by atoms with van der Waals surface area (Å²) < 4.78 is 7.48. The molecule has 0 spiro atoms. The molecule has 1 heterocycles. The smallest absolute Gasteiger partial charge is 0.185 e. The second-order valence-electron chi connectivity index (χ2n) is 6.64. The highest BCUT2D eigenvalue weighted by Crippen LogP contribution is 2.40. The van der Waals surface area contributed by atoms with Crippen LogP contribution in [0, 0.1) is 5.21 Å². The van der Waals surface area contributed by atoms with Crippen LogP contribution in [-0.2, 0) is 16.9 Å². The van der Waals surface area contributed by atoms with Crippen LogP contribution in [0.5, 0.6) is 0 Å². The van der Waals surface area contributed by atoms with Crippen LogP contribution in [0.2, 0.25) is 0 Å². The van der Waals surface area contributed by atoms with Crippen molar-refractivity contribution in [3.8, 4) is 0 Å². The Morgan fingerprint density at radius 1 is 0.643 bits per heavy atom. The highest BCUT2D eigenvalue weighted by molar-refractivity contribution is 5.47. The fourth-order valence-electron chi connectivity index (χ4n) is 3.55. The number of aromatic nitrogens is 1. The van der Waals surface area contributed by atoms with Gasteiger partial charge in [-0.25, -0.2) is 0 Å². The number of benzene rings is 3. The normalized spacial score (nSPS) is 11.3. The molecule has 28 heavy (non-hydrogen) atoms. The van der Waals surface area contributed by atoms with Crippen LogP contribution in [0.1, 0.15) is 22.3 Å². The molecule has 3 heteroatoms. The Hall–Kier alpha value is -3.43. The van der Waals surface area contributed by atoms with Gasteiger partial charge in [0.05, 0.1) is 6.61 Å². The third-order valence-corrected chi connectivity index (χ3v) is 4.83. The van der Waals surface area contributed by atoms with E-state index in [0.717, 1.165) is 27.0 Å². The topological polar surface area (TPSA) is 36.2 Å². The number of rotatable bonds is 6. The van der Waals surface area contributed by atoms with Gasteiger partial charge in [-0.1, -0.05) is 91.0 Å². The largest absolute Gasteiger partial charge is 0.619 e. The highest BCUT2D eigenvalue weighted by Gasteiger charge is 2.37. The molecule has 0 radical (unpaired) electrons. The summed E-state index contributed by atoms with van der Waals surface area (Å²) in [5.74, 6) is 0. The summed E-state index contributed by atoms with van der Waals surface area (Å²) in [7, 11) is 0. The van der Waals surface area contributed by atoms with Gasteiger partial charge in [0.1, 0.15) is 5.60 Å². The maximum Gasteiger partial charge on any atom is 0.185 e. The summed E-state index contributed by atoms with van der Waals surface area (Å²) in [6.45, 7) is 0.307. The number of ether oxygens (including phenoxy) is 1. The Bertz CT molecular complexity index is 921. The summed E-state index contributed by atoms with van der Waals surface area (Å²) >= 11 is 0. The van der Waals surface area contributed by atoms with Crippen LogP contribution < -0.4 is 4.73 Å². The van der Waals surface area contributed by atoms with Crippen LogP contribution in [-0.4, -0.2) is 0 Å². The second-order valence-corrected chi connectivity index (χ2v) is 6.64. The van der Waals surface area contributed by atoms with Gasteiger partial charge in [0.25, 0.3) is 0 Å². The molecule has 138 valence electrons. The van der Waals surface area contributed by atoms with Gasteiger partial charge in [0.2, 0.25) is 0 Å². The minimum Gasteiger partial charge on any atom is -0.619 e. The van der Waals surface area contributed by atoms with E-state index in [1.54, 1.807) is 12.3 Å². The van der Waals surface area contributed by atoms with Gasteiger partial charge in [0, 0.05) is 11.6 Å². The molecule has 0 aliphatic rings. The van der Waals surface area contributed by atoms with Gasteiger partial charge in [-0.15, -0.1) is 0 Å². The maximum atomic E-state index is 11.7. The van der Waals surface area contributed by atoms with Crippen molar-refractivity contribution in [1.29, 1.82) is 0 Å². The minimum atomic E-state index is -0.784. The van der Waals surface area contributed by atoms with E-state index in [1.165, 1.54) is 6.20 Å². The summed E-state index contributed by atoms with van der Waals surface area (Å²) in [4.78, 5) is 0. The van der Waals surface area contributed by atoms with Gasteiger partial charge >= 0.3 is 0 Å². The van der Waals surface area contributed by atoms with E-state index in [1.807, 2.05) is 60.7 Å². The van der Waals surface area contributed by atoms with E-state index in [4.69, 9.17) is 4.74 Å². The zero-order valence-electron chi connectivity index (χ0n) is 15.4. The Morgan fingerprint density at radius 2 is 1.11 bits per heavy atom. The third kappa shape index (κ3) is 3.53. The van der Waals surface area contributed by atoms with Crippen LogP contribution in [0.3, 0.4) is 0 Å². The van der Waals surface area contributed by atoms with Crippen molar-refractivity contribution in [2.75, 3.05) is 0 Å². The molecular formula is C25H21NO2. The van der Waals surface area contributed by atoms with Gasteiger partial charge in [-0.2, -0.15) is 4.73 Å². The first-order chi connectivity index (χ1) is 13.8. The first-order valence-electron chi connectivity index (χ1n) is 9.27. The molecule has 4 aromatic rings. The predicted molar refractivity (Wildman–Crippen MR) is 109 cm³/mol. The highest BCUT2D eigenvalue weighted by atomic mass is 16.5. The summed E-state index contributed by atoms with van der Waals surface area (Å²) in [5.41, 5.74) is 3.16.